The van der Waals surface area contributed by atoms with Crippen molar-refractivity contribution in [1.29, 1.82) is 0 Å². The second-order valence-corrected chi connectivity index (χ2v) is 8.94. The Morgan fingerprint density at radius 1 is 1.19 bits per heavy atom. The number of carbonyl (C=O) groups is 2. The Morgan fingerprint density at radius 2 is 1.97 bits per heavy atom. The molecule has 2 amide bonds. The van der Waals surface area contributed by atoms with Crippen molar-refractivity contribution in [3.63, 3.8) is 0 Å². The quantitative estimate of drug-likeness (QED) is 0.623. The summed E-state index contributed by atoms with van der Waals surface area (Å²) in [6.45, 7) is 3.34. The van der Waals surface area contributed by atoms with Crippen LogP contribution in [0, 0.1) is 5.92 Å². The lowest BCUT2D eigenvalue weighted by molar-refractivity contribution is -0.136. The summed E-state index contributed by atoms with van der Waals surface area (Å²) in [5.41, 5.74) is 1.67. The highest BCUT2D eigenvalue weighted by atomic mass is 32.1. The number of benzene rings is 2. The Balaban J connectivity index is 1.31. The predicted octanol–water partition coefficient (Wildman–Crippen LogP) is 3.64. The van der Waals surface area contributed by atoms with Gasteiger partial charge in [0.25, 0.3) is 0 Å². The first-order valence-corrected chi connectivity index (χ1v) is 11.1. The Bertz CT molecular complexity index is 1130. The van der Waals surface area contributed by atoms with Crippen LogP contribution in [0.25, 0.3) is 10.2 Å². The average Bonchev–Trinajstić information content (AvgIpc) is 3.41. The third-order valence-corrected chi connectivity index (χ3v) is 7.11. The van der Waals surface area contributed by atoms with Crippen LogP contribution in [0.15, 0.2) is 42.5 Å². The lowest BCUT2D eigenvalue weighted by Gasteiger charge is -2.26. The maximum atomic E-state index is 13.2. The molecule has 2 atom stereocenters. The number of thiazole rings is 1. The lowest BCUT2D eigenvalue weighted by atomic mass is 10.1. The van der Waals surface area contributed by atoms with Gasteiger partial charge in [-0.3, -0.25) is 9.59 Å². The summed E-state index contributed by atoms with van der Waals surface area (Å²) in [5, 5.41) is 0.894. The number of ether oxygens (including phenoxy) is 2. The van der Waals surface area contributed by atoms with Gasteiger partial charge in [-0.1, -0.05) is 12.1 Å². The molecule has 160 valence electrons. The normalized spacial score (nSPS) is 19.0. The third-order valence-electron chi connectivity index (χ3n) is 5.91. The van der Waals surface area contributed by atoms with Crippen molar-refractivity contribution in [3.8, 4) is 11.5 Å². The number of nitrogens with zero attached hydrogens (tertiary/aromatic N) is 3. The van der Waals surface area contributed by atoms with Gasteiger partial charge in [-0.05, 0) is 31.2 Å². The van der Waals surface area contributed by atoms with E-state index in [9.17, 15) is 9.59 Å². The molecule has 8 heteroatoms. The molecule has 2 aromatic carbocycles. The molecule has 2 aliphatic rings. The average molecular weight is 438 g/mol. The Kier molecular flexibility index (Phi) is 5.02. The van der Waals surface area contributed by atoms with E-state index in [4.69, 9.17) is 9.47 Å². The molecule has 0 saturated carbocycles. The number of anilines is 1. The van der Waals surface area contributed by atoms with Crippen LogP contribution in [0.1, 0.15) is 24.4 Å². The summed E-state index contributed by atoms with van der Waals surface area (Å²) >= 11 is 1.60. The van der Waals surface area contributed by atoms with E-state index < -0.39 is 0 Å². The van der Waals surface area contributed by atoms with E-state index in [0.717, 1.165) is 20.9 Å². The van der Waals surface area contributed by atoms with E-state index in [2.05, 4.69) is 4.98 Å². The van der Waals surface area contributed by atoms with Gasteiger partial charge in [0.1, 0.15) is 18.2 Å². The van der Waals surface area contributed by atoms with Crippen LogP contribution in [0.5, 0.6) is 11.5 Å². The largest absolute Gasteiger partial charge is 0.486 e. The zero-order valence-electron chi connectivity index (χ0n) is 17.4. The molecular weight excluding hydrogens is 414 g/mol. The molecule has 7 nitrogen and oxygen atoms in total. The van der Waals surface area contributed by atoms with Gasteiger partial charge in [-0.2, -0.15) is 0 Å². The first kappa shape index (κ1) is 19.8. The van der Waals surface area contributed by atoms with Gasteiger partial charge < -0.3 is 19.3 Å². The van der Waals surface area contributed by atoms with Crippen LogP contribution in [-0.4, -0.2) is 48.5 Å². The molecule has 0 N–H and O–H groups in total. The van der Waals surface area contributed by atoms with Crippen LogP contribution in [0.3, 0.4) is 0 Å². The molecule has 1 fully saturated rings. The highest BCUT2D eigenvalue weighted by molar-refractivity contribution is 7.18. The number of aromatic nitrogens is 1. The van der Waals surface area contributed by atoms with Gasteiger partial charge >= 0.3 is 0 Å². The van der Waals surface area contributed by atoms with Gasteiger partial charge in [-0.25, -0.2) is 4.98 Å². The monoisotopic (exact) mass is 437 g/mol. The van der Waals surface area contributed by atoms with E-state index in [1.165, 1.54) is 0 Å². The molecule has 2 aliphatic heterocycles. The fourth-order valence-corrected chi connectivity index (χ4v) is 5.10. The fraction of sp³-hybridized carbons (Fsp3) is 0.348. The number of carbonyl (C=O) groups excluding carboxylic acids is 2. The summed E-state index contributed by atoms with van der Waals surface area (Å²) < 4.78 is 12.3. The molecule has 3 aromatic rings. The van der Waals surface area contributed by atoms with Crippen LogP contribution in [-0.2, 0) is 9.59 Å². The minimum absolute atomic E-state index is 0.0415. The molecule has 0 aliphatic carbocycles. The van der Waals surface area contributed by atoms with Crippen molar-refractivity contribution in [2.45, 2.75) is 19.4 Å². The standard InChI is InChI=1S/C23H23N3O4S/c1-14(22-24-17-5-3-4-6-20(17)31-22)25(2)23(28)15-11-21(27)26(13-15)16-7-8-18-19(12-16)30-10-9-29-18/h3-8,12,14-15H,9-11,13H2,1-2H3. The first-order chi connectivity index (χ1) is 15.0. The molecular formula is C23H23N3O4S. The van der Waals surface area contributed by atoms with E-state index >= 15 is 0 Å². The second kappa shape index (κ2) is 7.85. The molecule has 31 heavy (non-hydrogen) atoms. The third kappa shape index (κ3) is 3.61. The Morgan fingerprint density at radius 3 is 2.77 bits per heavy atom. The Labute approximate surface area is 184 Å². The summed E-state index contributed by atoms with van der Waals surface area (Å²) in [5.74, 6) is 0.824. The smallest absolute Gasteiger partial charge is 0.228 e. The molecule has 5 rings (SSSR count). The van der Waals surface area contributed by atoms with Crippen molar-refractivity contribution in [3.05, 3.63) is 47.5 Å². The van der Waals surface area contributed by atoms with Crippen LogP contribution in [0.4, 0.5) is 5.69 Å². The number of hydrogen-bond donors (Lipinski definition) is 0. The SMILES string of the molecule is CC(c1nc2ccccc2s1)N(C)C(=O)C1CC(=O)N(c2ccc3c(c2)OCCO3)C1. The molecule has 1 saturated heterocycles. The van der Waals surface area contributed by atoms with Crippen molar-refractivity contribution in [1.82, 2.24) is 9.88 Å². The van der Waals surface area contributed by atoms with E-state index in [1.54, 1.807) is 28.2 Å². The summed E-state index contributed by atoms with van der Waals surface area (Å²) in [7, 11) is 1.79. The van der Waals surface area contributed by atoms with E-state index in [0.29, 0.717) is 31.3 Å². The molecule has 0 spiro atoms. The van der Waals surface area contributed by atoms with Gasteiger partial charge in [0.15, 0.2) is 11.5 Å². The minimum Gasteiger partial charge on any atom is -0.486 e. The minimum atomic E-state index is -0.387. The number of hydrogen-bond acceptors (Lipinski definition) is 6. The maximum Gasteiger partial charge on any atom is 0.228 e. The van der Waals surface area contributed by atoms with Gasteiger partial charge in [-0.15, -0.1) is 11.3 Å². The van der Waals surface area contributed by atoms with Gasteiger partial charge in [0, 0.05) is 31.8 Å². The topological polar surface area (TPSA) is 72.0 Å². The molecule has 0 bridgehead atoms. The maximum absolute atomic E-state index is 13.2. The highest BCUT2D eigenvalue weighted by Crippen LogP contribution is 2.37. The first-order valence-electron chi connectivity index (χ1n) is 10.3. The van der Waals surface area contributed by atoms with Crippen LogP contribution >= 0.6 is 11.3 Å². The number of fused-ring (bicyclic) bond motifs is 2. The summed E-state index contributed by atoms with van der Waals surface area (Å²) in [6, 6.07) is 13.3. The highest BCUT2D eigenvalue weighted by Gasteiger charge is 2.38. The Hall–Kier alpha value is -3.13. The molecule has 0 radical (unpaired) electrons. The molecule has 3 heterocycles. The van der Waals surface area contributed by atoms with Crippen LogP contribution in [0.2, 0.25) is 0 Å². The van der Waals surface area contributed by atoms with Gasteiger partial charge in [0.2, 0.25) is 11.8 Å². The fourth-order valence-electron chi connectivity index (χ4n) is 4.04. The summed E-state index contributed by atoms with van der Waals surface area (Å²) in [4.78, 5) is 34.0. The van der Waals surface area contributed by atoms with Crippen molar-refractivity contribution < 1.29 is 19.1 Å². The predicted molar refractivity (Wildman–Crippen MR) is 119 cm³/mol. The molecule has 2 unspecified atom stereocenters. The summed E-state index contributed by atoms with van der Waals surface area (Å²) in [6.07, 6.45) is 0.199. The number of para-hydroxylation sites is 1. The van der Waals surface area contributed by atoms with Crippen LogP contribution < -0.4 is 14.4 Å². The van der Waals surface area contributed by atoms with Crippen molar-refractivity contribution in [2.24, 2.45) is 5.92 Å². The second-order valence-electron chi connectivity index (χ2n) is 7.88. The van der Waals surface area contributed by atoms with E-state index in [1.807, 2.05) is 49.4 Å². The van der Waals surface area contributed by atoms with E-state index in [-0.39, 0.29) is 30.2 Å². The number of amides is 2. The number of rotatable bonds is 4. The zero-order chi connectivity index (χ0) is 21.5. The lowest BCUT2D eigenvalue weighted by Crippen LogP contribution is -2.36. The van der Waals surface area contributed by atoms with Gasteiger partial charge in [0.05, 0.1) is 22.2 Å². The van der Waals surface area contributed by atoms with Crippen molar-refractivity contribution >= 4 is 39.1 Å². The zero-order valence-corrected chi connectivity index (χ0v) is 18.2. The van der Waals surface area contributed by atoms with Crippen molar-refractivity contribution in [2.75, 3.05) is 31.7 Å². The molecule has 1 aromatic heterocycles.